The van der Waals surface area contributed by atoms with Gasteiger partial charge in [-0.05, 0) is 0 Å². The highest BCUT2D eigenvalue weighted by Gasteiger charge is 2.24. The molecule has 0 bridgehead atoms. The van der Waals surface area contributed by atoms with Crippen LogP contribution in [0.15, 0.2) is 0 Å². The van der Waals surface area contributed by atoms with Crippen molar-refractivity contribution in [3.05, 3.63) is 0 Å². The van der Waals surface area contributed by atoms with E-state index in [0.29, 0.717) is 18.3 Å². The number of hydrogen-bond acceptors (Lipinski definition) is 8. The Labute approximate surface area is 167 Å². The Hall–Kier alpha value is 1.63. The van der Waals surface area contributed by atoms with E-state index in [1.165, 1.54) is 51.8 Å². The second-order valence-corrected chi connectivity index (χ2v) is 12.1. The summed E-state index contributed by atoms with van der Waals surface area (Å²) in [6.07, 6.45) is 1.70. The molecule has 0 N–H and O–H groups in total. The fourth-order valence-electron chi connectivity index (χ4n) is 2.00. The Morgan fingerprint density at radius 3 is 1.67 bits per heavy atom. The van der Waals surface area contributed by atoms with Gasteiger partial charge in [0.2, 0.25) is 0 Å². The van der Waals surface area contributed by atoms with Crippen LogP contribution in [0.1, 0.15) is 0 Å². The fraction of sp³-hybridized carbons (Fsp3) is 1.00. The Balaban J connectivity index is 1.18. The zero-order valence-corrected chi connectivity index (χ0v) is 18.1. The van der Waals surface area contributed by atoms with E-state index in [0.717, 1.165) is 25.1 Å². The second kappa shape index (κ2) is 12.2. The van der Waals surface area contributed by atoms with Crippen LogP contribution in [-0.4, -0.2) is 95.2 Å². The van der Waals surface area contributed by atoms with E-state index in [9.17, 15) is 0 Å². The minimum atomic E-state index is 0.559. The van der Waals surface area contributed by atoms with Crippen molar-refractivity contribution in [3.8, 4) is 0 Å². The summed E-state index contributed by atoms with van der Waals surface area (Å²) in [6, 6.07) is 0. The smallest absolute Gasteiger partial charge is 0.0900 e. The molecular weight excluding hydrogens is 401 g/mol. The summed E-state index contributed by atoms with van der Waals surface area (Å²) in [7, 11) is 0. The third-order valence-electron chi connectivity index (χ3n) is 3.68. The van der Waals surface area contributed by atoms with Gasteiger partial charge in [-0.3, -0.25) is 0 Å². The van der Waals surface area contributed by atoms with Crippen LogP contribution in [0.25, 0.3) is 0 Å². The minimum Gasteiger partial charge on any atom is -0.372 e. The van der Waals surface area contributed by atoms with E-state index in [4.69, 9.17) is 14.2 Å². The van der Waals surface area contributed by atoms with Gasteiger partial charge in [0.1, 0.15) is 0 Å². The van der Waals surface area contributed by atoms with Crippen LogP contribution in [0.5, 0.6) is 0 Å². The molecule has 3 nitrogen and oxygen atoms in total. The normalized spacial score (nSPS) is 28.8. The molecule has 0 saturated carbocycles. The monoisotopic (exact) mass is 428 g/mol. The largest absolute Gasteiger partial charge is 0.372 e. The first-order valence-electron chi connectivity index (χ1n) is 8.67. The molecule has 0 spiro atoms. The maximum absolute atomic E-state index is 5.32. The predicted octanol–water partition coefficient (Wildman–Crippen LogP) is 3.22. The van der Waals surface area contributed by atoms with Crippen molar-refractivity contribution >= 4 is 58.8 Å². The topological polar surface area (TPSA) is 37.6 Å². The average Bonchev–Trinajstić information content (AvgIpc) is 3.44. The molecule has 8 heteroatoms. The van der Waals surface area contributed by atoms with Gasteiger partial charge in [-0.15, -0.1) is 0 Å². The highest BCUT2D eigenvalue weighted by molar-refractivity contribution is 8.06. The van der Waals surface area contributed by atoms with Gasteiger partial charge in [0.15, 0.2) is 0 Å². The second-order valence-electron chi connectivity index (χ2n) is 6.12. The third-order valence-corrected chi connectivity index (χ3v) is 10.4. The zero-order chi connectivity index (χ0) is 16.5. The van der Waals surface area contributed by atoms with Crippen LogP contribution < -0.4 is 0 Å². The molecule has 3 aliphatic rings. The lowest BCUT2D eigenvalue weighted by Gasteiger charge is -2.16. The van der Waals surface area contributed by atoms with Crippen molar-refractivity contribution in [1.29, 1.82) is 0 Å². The van der Waals surface area contributed by atoms with E-state index < -0.39 is 0 Å². The summed E-state index contributed by atoms with van der Waals surface area (Å²) in [5, 5.41) is 0.785. The van der Waals surface area contributed by atoms with Crippen molar-refractivity contribution in [2.75, 3.05) is 71.6 Å². The van der Waals surface area contributed by atoms with E-state index in [1.54, 1.807) is 0 Å². The summed E-state index contributed by atoms with van der Waals surface area (Å²) < 4.78 is 15.8. The molecule has 0 aromatic carbocycles. The molecule has 140 valence electrons. The standard InChI is InChI=1S/C16H28O3S5/c1(20-8-13-5-17-13)2-22-11-16(12-23-10-15-7-19-15)24-4-3-21-9-14-6-18-14/h13-16H,1-12H2. The van der Waals surface area contributed by atoms with Gasteiger partial charge in [-0.25, -0.2) is 0 Å². The van der Waals surface area contributed by atoms with Gasteiger partial charge in [-0.2, -0.15) is 58.8 Å². The maximum atomic E-state index is 5.32. The number of hydrogen-bond donors (Lipinski definition) is 0. The minimum absolute atomic E-state index is 0.559. The first kappa shape index (κ1) is 20.4. The zero-order valence-electron chi connectivity index (χ0n) is 14.1. The molecule has 3 aliphatic heterocycles. The lowest BCUT2D eigenvalue weighted by Crippen LogP contribution is -2.13. The lowest BCUT2D eigenvalue weighted by molar-refractivity contribution is 0.426. The molecule has 3 fully saturated rings. The summed E-state index contributed by atoms with van der Waals surface area (Å²) >= 11 is 10.5. The van der Waals surface area contributed by atoms with Crippen LogP contribution in [0.4, 0.5) is 0 Å². The van der Waals surface area contributed by atoms with Crippen molar-refractivity contribution < 1.29 is 14.2 Å². The van der Waals surface area contributed by atoms with Gasteiger partial charge in [0.25, 0.3) is 0 Å². The van der Waals surface area contributed by atoms with E-state index >= 15 is 0 Å². The van der Waals surface area contributed by atoms with Crippen LogP contribution in [0, 0.1) is 0 Å². The molecule has 24 heavy (non-hydrogen) atoms. The van der Waals surface area contributed by atoms with Crippen molar-refractivity contribution in [2.45, 2.75) is 23.6 Å². The number of epoxide rings is 3. The lowest BCUT2D eigenvalue weighted by atomic mass is 10.5. The first-order chi connectivity index (χ1) is 11.9. The summed E-state index contributed by atoms with van der Waals surface area (Å²) in [6.45, 7) is 2.97. The van der Waals surface area contributed by atoms with Gasteiger partial charge in [0, 0.05) is 57.0 Å². The Morgan fingerprint density at radius 2 is 1.08 bits per heavy atom. The number of ether oxygens (including phenoxy) is 3. The van der Waals surface area contributed by atoms with Gasteiger partial charge in [-0.1, -0.05) is 0 Å². The first-order valence-corrected chi connectivity index (χ1v) is 14.3. The van der Waals surface area contributed by atoms with Gasteiger partial charge < -0.3 is 14.2 Å². The van der Waals surface area contributed by atoms with Gasteiger partial charge >= 0.3 is 0 Å². The average molecular weight is 429 g/mol. The van der Waals surface area contributed by atoms with E-state index in [1.807, 2.05) is 11.8 Å². The van der Waals surface area contributed by atoms with Crippen LogP contribution in [0.3, 0.4) is 0 Å². The molecule has 3 heterocycles. The summed E-state index contributed by atoms with van der Waals surface area (Å²) in [4.78, 5) is 0. The molecular formula is C16H28O3S5. The summed E-state index contributed by atoms with van der Waals surface area (Å²) in [5.74, 6) is 11.2. The third kappa shape index (κ3) is 10.7. The van der Waals surface area contributed by atoms with Crippen molar-refractivity contribution in [3.63, 3.8) is 0 Å². The summed E-state index contributed by atoms with van der Waals surface area (Å²) in [5.41, 5.74) is 0. The van der Waals surface area contributed by atoms with Gasteiger partial charge in [0.05, 0.1) is 38.1 Å². The Morgan fingerprint density at radius 1 is 0.625 bits per heavy atom. The van der Waals surface area contributed by atoms with Crippen molar-refractivity contribution in [2.24, 2.45) is 0 Å². The molecule has 0 aromatic rings. The molecule has 0 radical (unpaired) electrons. The highest BCUT2D eigenvalue weighted by atomic mass is 32.2. The Kier molecular flexibility index (Phi) is 10.3. The molecule has 0 amide bonds. The van der Waals surface area contributed by atoms with Crippen LogP contribution in [-0.2, 0) is 14.2 Å². The van der Waals surface area contributed by atoms with Crippen molar-refractivity contribution in [1.82, 2.24) is 0 Å². The maximum Gasteiger partial charge on any atom is 0.0900 e. The van der Waals surface area contributed by atoms with E-state index in [-0.39, 0.29) is 0 Å². The van der Waals surface area contributed by atoms with Crippen LogP contribution in [0.2, 0.25) is 0 Å². The Bertz CT molecular complexity index is 338. The number of thioether (sulfide) groups is 5. The fourth-order valence-corrected chi connectivity index (χ4v) is 8.40. The highest BCUT2D eigenvalue weighted by Crippen LogP contribution is 2.26. The van der Waals surface area contributed by atoms with E-state index in [2.05, 4.69) is 47.0 Å². The predicted molar refractivity (Wildman–Crippen MR) is 115 cm³/mol. The molecule has 3 saturated heterocycles. The SMILES string of the molecule is C(CSCC(CSCC1CO1)SCCSCC1CO1)SCC1CO1. The quantitative estimate of drug-likeness (QED) is 0.258. The molecule has 0 aliphatic carbocycles. The molecule has 4 atom stereocenters. The van der Waals surface area contributed by atoms with Crippen LogP contribution >= 0.6 is 58.8 Å². The molecule has 4 unspecified atom stereocenters. The molecule has 3 rings (SSSR count). The number of rotatable bonds is 17. The molecule has 0 aromatic heterocycles.